The van der Waals surface area contributed by atoms with Crippen molar-refractivity contribution in [1.29, 1.82) is 0 Å². The van der Waals surface area contributed by atoms with E-state index in [2.05, 4.69) is 20.8 Å². The molecule has 0 aliphatic carbocycles. The summed E-state index contributed by atoms with van der Waals surface area (Å²) in [6.45, 7) is 5.97. The number of rotatable bonds is 5. The number of nitrogens with one attached hydrogen (secondary N) is 3. The van der Waals surface area contributed by atoms with Crippen LogP contribution in [0.25, 0.3) is 10.9 Å². The van der Waals surface area contributed by atoms with Crippen LogP contribution < -0.4 is 10.6 Å². The van der Waals surface area contributed by atoms with E-state index in [9.17, 15) is 9.59 Å². The van der Waals surface area contributed by atoms with Gasteiger partial charge in [-0.3, -0.25) is 14.7 Å². The summed E-state index contributed by atoms with van der Waals surface area (Å²) < 4.78 is 0. The normalized spacial score (nSPS) is 10.9. The van der Waals surface area contributed by atoms with Crippen LogP contribution in [0.4, 0.5) is 11.4 Å². The topological polar surface area (TPSA) is 86.9 Å². The highest BCUT2D eigenvalue weighted by molar-refractivity contribution is 6.11. The summed E-state index contributed by atoms with van der Waals surface area (Å²) in [5.74, 6) is 0.00876. The summed E-state index contributed by atoms with van der Waals surface area (Å²) >= 11 is 0. The van der Waals surface area contributed by atoms with Crippen LogP contribution in [0.5, 0.6) is 0 Å². The molecule has 2 amide bonds. The largest absolute Gasteiger partial charge is 0.326 e. The third kappa shape index (κ3) is 4.08. The van der Waals surface area contributed by atoms with Gasteiger partial charge in [0.15, 0.2) is 5.69 Å². The second kappa shape index (κ2) is 7.39. The summed E-state index contributed by atoms with van der Waals surface area (Å²) in [7, 11) is 0. The minimum atomic E-state index is -0.279. The molecule has 0 aliphatic heterocycles. The van der Waals surface area contributed by atoms with Gasteiger partial charge in [0.25, 0.3) is 5.91 Å². The maximum absolute atomic E-state index is 12.5. The molecule has 0 radical (unpaired) electrons. The van der Waals surface area contributed by atoms with Crippen molar-refractivity contribution in [3.8, 4) is 0 Å². The SMILES string of the molecule is Cc1ccc2[nH]nc(C(=O)Nc3ccc(NC(=O)CC(C)C)cc3)c2c1. The van der Waals surface area contributed by atoms with E-state index in [0.29, 0.717) is 29.4 Å². The predicted octanol–water partition coefficient (Wildman–Crippen LogP) is 4.11. The second-order valence-corrected chi connectivity index (χ2v) is 6.80. The van der Waals surface area contributed by atoms with Gasteiger partial charge in [-0.05, 0) is 49.2 Å². The molecule has 134 valence electrons. The average molecular weight is 350 g/mol. The fourth-order valence-electron chi connectivity index (χ4n) is 2.71. The molecule has 3 aromatic rings. The van der Waals surface area contributed by atoms with Crippen LogP contribution in [-0.4, -0.2) is 22.0 Å². The number of carbonyl (C=O) groups is 2. The van der Waals surface area contributed by atoms with Gasteiger partial charge in [0.05, 0.1) is 5.52 Å². The molecular weight excluding hydrogens is 328 g/mol. The van der Waals surface area contributed by atoms with E-state index < -0.39 is 0 Å². The lowest BCUT2D eigenvalue weighted by atomic mass is 10.1. The lowest BCUT2D eigenvalue weighted by Crippen LogP contribution is -2.14. The van der Waals surface area contributed by atoms with E-state index in [0.717, 1.165) is 16.5 Å². The Kier molecular flexibility index (Phi) is 5.02. The number of hydrogen-bond donors (Lipinski definition) is 3. The Bertz CT molecular complexity index is 942. The second-order valence-electron chi connectivity index (χ2n) is 6.80. The molecule has 26 heavy (non-hydrogen) atoms. The maximum atomic E-state index is 12.5. The molecule has 3 rings (SSSR count). The van der Waals surface area contributed by atoms with Crippen molar-refractivity contribution < 1.29 is 9.59 Å². The molecule has 2 aromatic carbocycles. The van der Waals surface area contributed by atoms with Gasteiger partial charge < -0.3 is 10.6 Å². The van der Waals surface area contributed by atoms with Gasteiger partial charge in [-0.25, -0.2) is 0 Å². The molecule has 0 saturated heterocycles. The number of aryl methyl sites for hydroxylation is 1. The molecule has 6 heteroatoms. The number of aromatic amines is 1. The van der Waals surface area contributed by atoms with Crippen LogP contribution in [0.1, 0.15) is 36.3 Å². The fourth-order valence-corrected chi connectivity index (χ4v) is 2.71. The number of hydrogen-bond acceptors (Lipinski definition) is 3. The predicted molar refractivity (Wildman–Crippen MR) is 103 cm³/mol. The molecule has 0 fully saturated rings. The molecule has 0 aliphatic rings. The highest BCUT2D eigenvalue weighted by Gasteiger charge is 2.14. The maximum Gasteiger partial charge on any atom is 0.276 e. The Labute approximate surface area is 152 Å². The standard InChI is InChI=1S/C20H22N4O2/c1-12(2)10-18(25)21-14-5-7-15(8-6-14)22-20(26)19-16-11-13(3)4-9-17(16)23-24-19/h4-9,11-12H,10H2,1-3H3,(H,21,25)(H,22,26)(H,23,24). The first kappa shape index (κ1) is 17.7. The number of amides is 2. The number of fused-ring (bicyclic) bond motifs is 1. The van der Waals surface area contributed by atoms with Gasteiger partial charge in [-0.15, -0.1) is 0 Å². The van der Waals surface area contributed by atoms with Crippen LogP contribution in [0.3, 0.4) is 0 Å². The van der Waals surface area contributed by atoms with Crippen molar-refractivity contribution in [3.05, 3.63) is 53.7 Å². The third-order valence-corrected chi connectivity index (χ3v) is 3.95. The molecule has 0 bridgehead atoms. The number of carbonyl (C=O) groups excluding carboxylic acids is 2. The smallest absolute Gasteiger partial charge is 0.276 e. The molecular formula is C20H22N4O2. The van der Waals surface area contributed by atoms with Gasteiger partial charge in [0.1, 0.15) is 0 Å². The highest BCUT2D eigenvalue weighted by Crippen LogP contribution is 2.20. The summed E-state index contributed by atoms with van der Waals surface area (Å²) in [5.41, 5.74) is 3.59. The minimum Gasteiger partial charge on any atom is -0.326 e. The van der Waals surface area contributed by atoms with Crippen molar-refractivity contribution in [2.45, 2.75) is 27.2 Å². The van der Waals surface area contributed by atoms with Crippen LogP contribution in [0.2, 0.25) is 0 Å². The van der Waals surface area contributed by atoms with Crippen molar-refractivity contribution in [1.82, 2.24) is 10.2 Å². The average Bonchev–Trinajstić information content (AvgIpc) is 2.99. The Balaban J connectivity index is 1.69. The number of H-pyrrole nitrogens is 1. The molecule has 1 heterocycles. The third-order valence-electron chi connectivity index (χ3n) is 3.95. The van der Waals surface area contributed by atoms with Crippen LogP contribution in [-0.2, 0) is 4.79 Å². The zero-order chi connectivity index (χ0) is 18.7. The number of nitrogens with zero attached hydrogens (tertiary/aromatic N) is 1. The van der Waals surface area contributed by atoms with Crippen molar-refractivity contribution in [2.24, 2.45) is 5.92 Å². The summed E-state index contributed by atoms with van der Waals surface area (Å²) in [5, 5.41) is 13.5. The molecule has 1 aromatic heterocycles. The van der Waals surface area contributed by atoms with E-state index in [1.54, 1.807) is 24.3 Å². The zero-order valence-electron chi connectivity index (χ0n) is 15.1. The first-order valence-electron chi connectivity index (χ1n) is 8.58. The molecule has 0 saturated carbocycles. The van der Waals surface area contributed by atoms with Crippen molar-refractivity contribution in [3.63, 3.8) is 0 Å². The molecule has 0 unspecified atom stereocenters. The Hall–Kier alpha value is -3.15. The number of aromatic nitrogens is 2. The van der Waals surface area contributed by atoms with Crippen LogP contribution >= 0.6 is 0 Å². The van der Waals surface area contributed by atoms with Crippen molar-refractivity contribution >= 4 is 34.1 Å². The van der Waals surface area contributed by atoms with E-state index in [1.165, 1.54) is 0 Å². The van der Waals surface area contributed by atoms with Gasteiger partial charge >= 0.3 is 0 Å². The zero-order valence-corrected chi connectivity index (χ0v) is 15.1. The van der Waals surface area contributed by atoms with E-state index in [4.69, 9.17) is 0 Å². The van der Waals surface area contributed by atoms with Gasteiger partial charge in [0, 0.05) is 23.2 Å². The Morgan fingerprint density at radius 1 is 1.04 bits per heavy atom. The molecule has 3 N–H and O–H groups in total. The highest BCUT2D eigenvalue weighted by atomic mass is 16.2. The molecule has 6 nitrogen and oxygen atoms in total. The molecule has 0 spiro atoms. The van der Waals surface area contributed by atoms with Gasteiger partial charge in [-0.2, -0.15) is 5.10 Å². The van der Waals surface area contributed by atoms with Gasteiger partial charge in [0.2, 0.25) is 5.91 Å². The Morgan fingerprint density at radius 3 is 2.35 bits per heavy atom. The lowest BCUT2D eigenvalue weighted by Gasteiger charge is -2.08. The number of anilines is 2. The number of benzene rings is 2. The Morgan fingerprint density at radius 2 is 1.69 bits per heavy atom. The summed E-state index contributed by atoms with van der Waals surface area (Å²) in [6.07, 6.45) is 0.476. The monoisotopic (exact) mass is 350 g/mol. The quantitative estimate of drug-likeness (QED) is 0.647. The van der Waals surface area contributed by atoms with Gasteiger partial charge in [-0.1, -0.05) is 25.5 Å². The van der Waals surface area contributed by atoms with E-state index in [-0.39, 0.29) is 11.8 Å². The lowest BCUT2D eigenvalue weighted by molar-refractivity contribution is -0.116. The summed E-state index contributed by atoms with van der Waals surface area (Å²) in [4.78, 5) is 24.3. The minimum absolute atomic E-state index is 0.0184. The first-order valence-corrected chi connectivity index (χ1v) is 8.58. The fraction of sp³-hybridized carbons (Fsp3) is 0.250. The van der Waals surface area contributed by atoms with E-state index in [1.807, 2.05) is 39.0 Å². The summed E-state index contributed by atoms with van der Waals surface area (Å²) in [6, 6.07) is 12.8. The van der Waals surface area contributed by atoms with E-state index >= 15 is 0 Å². The first-order chi connectivity index (χ1) is 12.4. The van der Waals surface area contributed by atoms with Crippen molar-refractivity contribution in [2.75, 3.05) is 10.6 Å². The van der Waals surface area contributed by atoms with Crippen LogP contribution in [0.15, 0.2) is 42.5 Å². The van der Waals surface area contributed by atoms with Crippen LogP contribution in [0, 0.1) is 12.8 Å². The molecule has 0 atom stereocenters.